The minimum Gasteiger partial charge on any atom is -0.348 e. The molecule has 1 aromatic heterocycles. The molecule has 1 saturated heterocycles. The average molecular weight is 293 g/mol. The predicted molar refractivity (Wildman–Crippen MR) is 76.4 cm³/mol. The SMILES string of the molecule is CCCc1nnsc1C(=O)NC1CCN(CC#N)CC1. The van der Waals surface area contributed by atoms with Gasteiger partial charge in [0.2, 0.25) is 0 Å². The summed E-state index contributed by atoms with van der Waals surface area (Å²) < 4.78 is 3.88. The van der Waals surface area contributed by atoms with Crippen LogP contribution in [0.5, 0.6) is 0 Å². The van der Waals surface area contributed by atoms with Gasteiger partial charge in [-0.2, -0.15) is 5.26 Å². The zero-order valence-corrected chi connectivity index (χ0v) is 12.4. The Morgan fingerprint density at radius 3 is 2.95 bits per heavy atom. The largest absolute Gasteiger partial charge is 0.348 e. The first-order valence-electron chi connectivity index (χ1n) is 6.96. The summed E-state index contributed by atoms with van der Waals surface area (Å²) in [4.78, 5) is 15.0. The van der Waals surface area contributed by atoms with Crippen LogP contribution in [0, 0.1) is 11.3 Å². The van der Waals surface area contributed by atoms with E-state index in [0.717, 1.165) is 44.5 Å². The number of nitriles is 1. The smallest absolute Gasteiger partial charge is 0.265 e. The third-order valence-corrected chi connectivity index (χ3v) is 4.23. The molecular weight excluding hydrogens is 274 g/mol. The van der Waals surface area contributed by atoms with Crippen LogP contribution in [0.1, 0.15) is 41.6 Å². The molecule has 0 spiro atoms. The van der Waals surface area contributed by atoms with Crippen molar-refractivity contribution in [3.8, 4) is 6.07 Å². The van der Waals surface area contributed by atoms with Gasteiger partial charge in [0.05, 0.1) is 18.3 Å². The molecule has 1 aliphatic rings. The number of amides is 1. The molecule has 7 heteroatoms. The number of carbonyl (C=O) groups is 1. The molecular formula is C13H19N5OS. The number of rotatable bonds is 5. The van der Waals surface area contributed by atoms with Crippen LogP contribution in [0.25, 0.3) is 0 Å². The highest BCUT2D eigenvalue weighted by Crippen LogP contribution is 2.15. The Balaban J connectivity index is 1.86. The number of nitrogens with one attached hydrogen (secondary N) is 1. The van der Waals surface area contributed by atoms with Gasteiger partial charge in [-0.1, -0.05) is 17.8 Å². The van der Waals surface area contributed by atoms with Crippen LogP contribution in [-0.4, -0.2) is 46.1 Å². The minimum atomic E-state index is -0.0535. The van der Waals surface area contributed by atoms with E-state index in [4.69, 9.17) is 5.26 Å². The Kier molecular flexibility index (Phi) is 5.44. The number of aromatic nitrogens is 2. The summed E-state index contributed by atoms with van der Waals surface area (Å²) in [7, 11) is 0. The fourth-order valence-corrected chi connectivity index (χ4v) is 2.98. The van der Waals surface area contributed by atoms with E-state index in [1.54, 1.807) is 0 Å². The second kappa shape index (κ2) is 7.31. The monoisotopic (exact) mass is 293 g/mol. The van der Waals surface area contributed by atoms with Gasteiger partial charge in [-0.25, -0.2) is 0 Å². The molecule has 0 aromatic carbocycles. The number of likely N-dealkylation sites (tertiary alicyclic amines) is 1. The van der Waals surface area contributed by atoms with Crippen LogP contribution < -0.4 is 5.32 Å². The molecule has 20 heavy (non-hydrogen) atoms. The Hall–Kier alpha value is -1.52. The van der Waals surface area contributed by atoms with Crippen LogP contribution in [0.4, 0.5) is 0 Å². The fourth-order valence-electron chi connectivity index (χ4n) is 2.37. The zero-order chi connectivity index (χ0) is 14.4. The third kappa shape index (κ3) is 3.74. The number of hydrogen-bond donors (Lipinski definition) is 1. The summed E-state index contributed by atoms with van der Waals surface area (Å²) in [5, 5.41) is 15.7. The first kappa shape index (κ1) is 14.9. The molecule has 1 N–H and O–H groups in total. The van der Waals surface area contributed by atoms with Crippen molar-refractivity contribution in [2.45, 2.75) is 38.6 Å². The Bertz CT molecular complexity index is 487. The van der Waals surface area contributed by atoms with Gasteiger partial charge in [0, 0.05) is 19.1 Å². The molecule has 0 saturated carbocycles. The Labute approximate surface area is 122 Å². The van der Waals surface area contributed by atoms with Gasteiger partial charge in [-0.3, -0.25) is 9.69 Å². The minimum absolute atomic E-state index is 0.0535. The molecule has 2 heterocycles. The molecule has 6 nitrogen and oxygen atoms in total. The summed E-state index contributed by atoms with van der Waals surface area (Å²) in [5.41, 5.74) is 0.803. The van der Waals surface area contributed by atoms with Crippen LogP contribution in [0.3, 0.4) is 0 Å². The van der Waals surface area contributed by atoms with Crippen LogP contribution in [-0.2, 0) is 6.42 Å². The maximum Gasteiger partial charge on any atom is 0.265 e. The molecule has 0 aliphatic carbocycles. The molecule has 0 unspecified atom stereocenters. The number of aryl methyl sites for hydroxylation is 1. The van der Waals surface area contributed by atoms with E-state index >= 15 is 0 Å². The number of piperidine rings is 1. The quantitative estimate of drug-likeness (QED) is 0.825. The van der Waals surface area contributed by atoms with Crippen molar-refractivity contribution in [1.29, 1.82) is 5.26 Å². The van der Waals surface area contributed by atoms with Crippen molar-refractivity contribution in [2.75, 3.05) is 19.6 Å². The lowest BCUT2D eigenvalue weighted by atomic mass is 10.0. The van der Waals surface area contributed by atoms with Gasteiger partial charge in [0.25, 0.3) is 5.91 Å². The van der Waals surface area contributed by atoms with Gasteiger partial charge in [-0.15, -0.1) is 5.10 Å². The van der Waals surface area contributed by atoms with Gasteiger partial charge in [0.1, 0.15) is 4.88 Å². The summed E-state index contributed by atoms with van der Waals surface area (Å²) in [5.74, 6) is -0.0535. The molecule has 0 radical (unpaired) electrons. The molecule has 0 atom stereocenters. The van der Waals surface area contributed by atoms with E-state index in [2.05, 4.69) is 32.8 Å². The van der Waals surface area contributed by atoms with Gasteiger partial charge < -0.3 is 5.32 Å². The lowest BCUT2D eigenvalue weighted by Crippen LogP contribution is -2.44. The van der Waals surface area contributed by atoms with Crippen molar-refractivity contribution in [3.63, 3.8) is 0 Å². The zero-order valence-electron chi connectivity index (χ0n) is 11.6. The van der Waals surface area contributed by atoms with Crippen molar-refractivity contribution < 1.29 is 4.79 Å². The highest BCUT2D eigenvalue weighted by atomic mass is 32.1. The van der Waals surface area contributed by atoms with Gasteiger partial charge in [0.15, 0.2) is 0 Å². The number of nitrogens with zero attached hydrogens (tertiary/aromatic N) is 4. The molecule has 0 bridgehead atoms. The second-order valence-electron chi connectivity index (χ2n) is 4.98. The summed E-state index contributed by atoms with van der Waals surface area (Å²) in [6.45, 7) is 4.26. The first-order valence-corrected chi connectivity index (χ1v) is 7.73. The summed E-state index contributed by atoms with van der Waals surface area (Å²) in [6, 6.07) is 2.35. The van der Waals surface area contributed by atoms with Crippen molar-refractivity contribution in [1.82, 2.24) is 19.8 Å². The van der Waals surface area contributed by atoms with Crippen LogP contribution >= 0.6 is 11.5 Å². The predicted octanol–water partition coefficient (Wildman–Crippen LogP) is 1.21. The van der Waals surface area contributed by atoms with E-state index in [-0.39, 0.29) is 11.9 Å². The third-order valence-electron chi connectivity index (χ3n) is 3.47. The second-order valence-corrected chi connectivity index (χ2v) is 5.73. The van der Waals surface area contributed by atoms with E-state index in [1.165, 1.54) is 11.5 Å². The topological polar surface area (TPSA) is 81.9 Å². The summed E-state index contributed by atoms with van der Waals surface area (Å²) >= 11 is 1.17. The van der Waals surface area contributed by atoms with E-state index < -0.39 is 0 Å². The van der Waals surface area contributed by atoms with Crippen LogP contribution in [0.15, 0.2) is 0 Å². The lowest BCUT2D eigenvalue weighted by Gasteiger charge is -2.30. The highest BCUT2D eigenvalue weighted by Gasteiger charge is 2.23. The van der Waals surface area contributed by atoms with Crippen LogP contribution in [0.2, 0.25) is 0 Å². The molecule has 1 aromatic rings. The van der Waals surface area contributed by atoms with Gasteiger partial charge in [-0.05, 0) is 30.8 Å². The maximum atomic E-state index is 12.2. The normalized spacial score (nSPS) is 16.8. The molecule has 1 amide bonds. The molecule has 108 valence electrons. The molecule has 1 aliphatic heterocycles. The highest BCUT2D eigenvalue weighted by molar-refractivity contribution is 7.08. The summed E-state index contributed by atoms with van der Waals surface area (Å²) in [6.07, 6.45) is 3.53. The first-order chi connectivity index (χ1) is 9.74. The molecule has 1 fully saturated rings. The fraction of sp³-hybridized carbons (Fsp3) is 0.692. The Morgan fingerprint density at radius 1 is 1.55 bits per heavy atom. The Morgan fingerprint density at radius 2 is 2.30 bits per heavy atom. The standard InChI is InChI=1S/C13H19N5OS/c1-2-3-11-12(20-17-16-11)13(19)15-10-4-7-18(8-5-10)9-6-14/h10H,2-5,7-9H2,1H3,(H,15,19). The average Bonchev–Trinajstić information content (AvgIpc) is 2.90. The lowest BCUT2D eigenvalue weighted by molar-refractivity contribution is 0.0917. The van der Waals surface area contributed by atoms with E-state index in [1.807, 2.05) is 0 Å². The van der Waals surface area contributed by atoms with E-state index in [0.29, 0.717) is 11.4 Å². The number of carbonyl (C=O) groups excluding carboxylic acids is 1. The van der Waals surface area contributed by atoms with E-state index in [9.17, 15) is 4.79 Å². The molecule has 2 rings (SSSR count). The van der Waals surface area contributed by atoms with Crippen molar-refractivity contribution in [2.24, 2.45) is 0 Å². The van der Waals surface area contributed by atoms with Gasteiger partial charge >= 0.3 is 0 Å². The van der Waals surface area contributed by atoms with Crippen molar-refractivity contribution >= 4 is 17.4 Å². The maximum absolute atomic E-state index is 12.2. The number of hydrogen-bond acceptors (Lipinski definition) is 6. The van der Waals surface area contributed by atoms with Crippen molar-refractivity contribution in [3.05, 3.63) is 10.6 Å².